The van der Waals surface area contributed by atoms with Gasteiger partial charge in [-0.25, -0.2) is 9.50 Å². The van der Waals surface area contributed by atoms with Crippen molar-refractivity contribution in [3.8, 4) is 0 Å². The van der Waals surface area contributed by atoms with Crippen molar-refractivity contribution in [2.45, 2.75) is 57.5 Å². The molecule has 0 bridgehead atoms. The molecule has 6 nitrogen and oxygen atoms in total. The number of nitrogens with zero attached hydrogens (tertiary/aromatic N) is 5. The molecule has 27 heavy (non-hydrogen) atoms. The van der Waals surface area contributed by atoms with Crippen LogP contribution in [0.4, 0.5) is 5.69 Å². The van der Waals surface area contributed by atoms with Crippen LogP contribution in [0.2, 0.25) is 0 Å². The molecular weight excluding hydrogens is 358 g/mol. The van der Waals surface area contributed by atoms with Crippen LogP contribution >= 0.6 is 11.8 Å². The first-order valence-corrected chi connectivity index (χ1v) is 10.0. The average Bonchev–Trinajstić information content (AvgIpc) is 3.18. The van der Waals surface area contributed by atoms with Gasteiger partial charge in [-0.05, 0) is 58.2 Å². The van der Waals surface area contributed by atoms with Gasteiger partial charge in [0, 0.05) is 23.1 Å². The molecule has 1 aliphatic heterocycles. The van der Waals surface area contributed by atoms with Gasteiger partial charge >= 0.3 is 0 Å². The van der Waals surface area contributed by atoms with Crippen LogP contribution in [0.15, 0.2) is 29.4 Å². The number of hydrogen-bond acceptors (Lipinski definition) is 5. The fraction of sp³-hybridized carbons (Fsp3) is 0.400. The van der Waals surface area contributed by atoms with Gasteiger partial charge < -0.3 is 4.90 Å². The molecule has 2 unspecified atom stereocenters. The number of thioether (sulfide) groups is 1. The summed E-state index contributed by atoms with van der Waals surface area (Å²) in [6.45, 7) is 10.0. The Kier molecular flexibility index (Phi) is 4.42. The minimum atomic E-state index is -0.279. The maximum Gasteiger partial charge on any atom is 0.253 e. The molecule has 7 heteroatoms. The first kappa shape index (κ1) is 18.0. The molecule has 2 atom stereocenters. The molecule has 0 radical (unpaired) electrons. The van der Waals surface area contributed by atoms with Crippen molar-refractivity contribution < 1.29 is 4.79 Å². The lowest BCUT2D eigenvalue weighted by Crippen LogP contribution is -2.40. The zero-order chi connectivity index (χ0) is 19.3. The largest absolute Gasteiger partial charge is 0.308 e. The van der Waals surface area contributed by atoms with Crippen molar-refractivity contribution in [2.24, 2.45) is 0 Å². The van der Waals surface area contributed by atoms with Crippen LogP contribution in [0.1, 0.15) is 36.4 Å². The number of aromatic nitrogens is 4. The van der Waals surface area contributed by atoms with Gasteiger partial charge in [0.15, 0.2) is 0 Å². The summed E-state index contributed by atoms with van der Waals surface area (Å²) in [7, 11) is 0. The summed E-state index contributed by atoms with van der Waals surface area (Å²) >= 11 is 1.39. The van der Waals surface area contributed by atoms with Gasteiger partial charge in [0.05, 0.1) is 5.25 Å². The number of benzene rings is 1. The van der Waals surface area contributed by atoms with Gasteiger partial charge in [-0.15, -0.1) is 5.10 Å². The summed E-state index contributed by atoms with van der Waals surface area (Å²) in [5.41, 5.74) is 5.34. The standard InChI is InChI=1S/C20H23N5OS/c1-11-10-16-8-6-7-9-17(16)24(11)18(26)15(5)27-20-22-19-21-13(3)12(2)14(4)25(19)23-20/h6-9,11,15H,10H2,1-5H3. The van der Waals surface area contributed by atoms with E-state index in [4.69, 9.17) is 0 Å². The van der Waals surface area contributed by atoms with Crippen LogP contribution < -0.4 is 4.90 Å². The highest BCUT2D eigenvalue weighted by molar-refractivity contribution is 8.00. The number of carbonyl (C=O) groups excluding carboxylic acids is 1. The van der Waals surface area contributed by atoms with Crippen LogP contribution in [-0.4, -0.2) is 36.8 Å². The Morgan fingerprint density at radius 2 is 1.96 bits per heavy atom. The highest BCUT2D eigenvalue weighted by Crippen LogP contribution is 2.34. The van der Waals surface area contributed by atoms with E-state index < -0.39 is 0 Å². The smallest absolute Gasteiger partial charge is 0.253 e. The van der Waals surface area contributed by atoms with Crippen molar-refractivity contribution in [3.05, 3.63) is 46.8 Å². The first-order chi connectivity index (χ1) is 12.9. The summed E-state index contributed by atoms with van der Waals surface area (Å²) in [6.07, 6.45) is 0.896. The summed E-state index contributed by atoms with van der Waals surface area (Å²) in [6, 6.07) is 8.30. The Hall–Kier alpha value is -2.41. The van der Waals surface area contributed by atoms with Crippen LogP contribution in [0, 0.1) is 20.8 Å². The number of para-hydroxylation sites is 1. The number of rotatable bonds is 3. The van der Waals surface area contributed by atoms with E-state index in [0.717, 1.165) is 29.1 Å². The molecule has 1 aliphatic rings. The van der Waals surface area contributed by atoms with Crippen molar-refractivity contribution in [1.29, 1.82) is 0 Å². The molecule has 0 saturated carbocycles. The Bertz CT molecular complexity index is 1040. The topological polar surface area (TPSA) is 63.4 Å². The third-order valence-electron chi connectivity index (χ3n) is 5.32. The minimum Gasteiger partial charge on any atom is -0.308 e. The predicted molar refractivity (Wildman–Crippen MR) is 107 cm³/mol. The molecule has 3 aromatic rings. The predicted octanol–water partition coefficient (Wildman–Crippen LogP) is 3.51. The second-order valence-corrected chi connectivity index (χ2v) is 8.47. The SMILES string of the molecule is Cc1nc2nc(SC(C)C(=O)N3c4ccccc4CC3C)nn2c(C)c1C. The van der Waals surface area contributed by atoms with Crippen molar-refractivity contribution in [3.63, 3.8) is 0 Å². The van der Waals surface area contributed by atoms with Crippen LogP contribution in [-0.2, 0) is 11.2 Å². The number of aryl methyl sites for hydroxylation is 2. The lowest BCUT2D eigenvalue weighted by Gasteiger charge is -2.25. The van der Waals surface area contributed by atoms with E-state index in [1.807, 2.05) is 50.8 Å². The molecule has 140 valence electrons. The normalized spacial score (nSPS) is 17.4. The Morgan fingerprint density at radius 3 is 2.74 bits per heavy atom. The fourth-order valence-electron chi connectivity index (χ4n) is 3.59. The molecule has 4 rings (SSSR count). The van der Waals surface area contributed by atoms with E-state index in [2.05, 4.69) is 28.1 Å². The summed E-state index contributed by atoms with van der Waals surface area (Å²) in [5.74, 6) is 0.672. The van der Waals surface area contributed by atoms with Crippen molar-refractivity contribution >= 4 is 29.1 Å². The van der Waals surface area contributed by atoms with E-state index in [-0.39, 0.29) is 17.2 Å². The number of anilines is 1. The monoisotopic (exact) mass is 381 g/mol. The third kappa shape index (κ3) is 3.00. The van der Waals surface area contributed by atoms with Crippen LogP contribution in [0.25, 0.3) is 5.78 Å². The number of hydrogen-bond donors (Lipinski definition) is 0. The van der Waals surface area contributed by atoms with Gasteiger partial charge in [-0.1, -0.05) is 30.0 Å². The fourth-order valence-corrected chi connectivity index (χ4v) is 4.39. The van der Waals surface area contributed by atoms with Gasteiger partial charge in [0.25, 0.3) is 5.78 Å². The van der Waals surface area contributed by atoms with Crippen molar-refractivity contribution in [1.82, 2.24) is 19.6 Å². The minimum absolute atomic E-state index is 0.0911. The molecule has 0 spiro atoms. The molecule has 0 fully saturated rings. The third-order valence-corrected chi connectivity index (χ3v) is 6.26. The lowest BCUT2D eigenvalue weighted by molar-refractivity contribution is -0.118. The van der Waals surface area contributed by atoms with E-state index in [1.54, 1.807) is 4.52 Å². The molecule has 2 aromatic heterocycles. The molecule has 0 aliphatic carbocycles. The van der Waals surface area contributed by atoms with Gasteiger partial charge in [-0.2, -0.15) is 4.98 Å². The van der Waals surface area contributed by atoms with E-state index in [9.17, 15) is 4.79 Å². The average molecular weight is 382 g/mol. The van der Waals surface area contributed by atoms with E-state index in [1.165, 1.54) is 17.3 Å². The lowest BCUT2D eigenvalue weighted by atomic mass is 10.1. The quantitative estimate of drug-likeness (QED) is 0.650. The number of amides is 1. The van der Waals surface area contributed by atoms with Gasteiger partial charge in [0.2, 0.25) is 11.1 Å². The van der Waals surface area contributed by atoms with Crippen LogP contribution in [0.3, 0.4) is 0 Å². The molecular formula is C20H23N5OS. The zero-order valence-corrected chi connectivity index (χ0v) is 17.0. The maximum absolute atomic E-state index is 13.1. The van der Waals surface area contributed by atoms with Crippen LogP contribution in [0.5, 0.6) is 0 Å². The van der Waals surface area contributed by atoms with Gasteiger partial charge in [0.1, 0.15) is 0 Å². The van der Waals surface area contributed by atoms with Gasteiger partial charge in [-0.3, -0.25) is 4.79 Å². The summed E-state index contributed by atoms with van der Waals surface area (Å²) in [4.78, 5) is 24.1. The van der Waals surface area contributed by atoms with E-state index in [0.29, 0.717) is 10.9 Å². The molecule has 3 heterocycles. The highest BCUT2D eigenvalue weighted by atomic mass is 32.2. The second-order valence-electron chi connectivity index (χ2n) is 7.16. The first-order valence-electron chi connectivity index (χ1n) is 9.15. The molecule has 0 N–H and O–H groups in total. The Labute approximate surface area is 163 Å². The molecule has 0 saturated heterocycles. The highest BCUT2D eigenvalue weighted by Gasteiger charge is 2.33. The summed E-state index contributed by atoms with van der Waals surface area (Å²) in [5, 5.41) is 4.86. The number of carbonyl (C=O) groups is 1. The number of fused-ring (bicyclic) bond motifs is 2. The molecule has 1 aromatic carbocycles. The molecule has 1 amide bonds. The summed E-state index contributed by atoms with van der Waals surface area (Å²) < 4.78 is 1.76. The second kappa shape index (κ2) is 6.64. The van der Waals surface area contributed by atoms with E-state index >= 15 is 0 Å². The van der Waals surface area contributed by atoms with Crippen molar-refractivity contribution in [2.75, 3.05) is 4.90 Å². The maximum atomic E-state index is 13.1. The Morgan fingerprint density at radius 1 is 1.22 bits per heavy atom. The zero-order valence-electron chi connectivity index (χ0n) is 16.2. The Balaban J connectivity index is 1.59.